The maximum atomic E-state index is 12.8. The second kappa shape index (κ2) is 12.0. The number of benzene rings is 2. The van der Waals surface area contributed by atoms with Crippen molar-refractivity contribution in [1.29, 1.82) is 0 Å². The number of alkyl carbamates (subject to hydrolysis) is 1. The van der Waals surface area contributed by atoms with Crippen molar-refractivity contribution in [2.75, 3.05) is 0 Å². The molecule has 11 heteroatoms. The largest absolute Gasteiger partial charge is 0.481 e. The summed E-state index contributed by atoms with van der Waals surface area (Å²) < 4.78 is 5.11. The third kappa shape index (κ3) is 8.14. The van der Waals surface area contributed by atoms with Crippen LogP contribution in [-0.2, 0) is 32.9 Å². The van der Waals surface area contributed by atoms with E-state index in [-0.39, 0.29) is 18.6 Å². The smallest absolute Gasteiger partial charge is 0.408 e. The molecule has 196 valence electrons. The number of tetrazole rings is 1. The van der Waals surface area contributed by atoms with Gasteiger partial charge in [0.25, 0.3) is 0 Å². The number of carbonyl (C=O) groups excluding carboxylic acids is 2. The number of aromatic nitrogens is 4. The van der Waals surface area contributed by atoms with E-state index in [9.17, 15) is 19.5 Å². The molecule has 3 rings (SSSR count). The number of nitrogens with one attached hydrogen (secondary N) is 1. The highest BCUT2D eigenvalue weighted by Gasteiger charge is 2.26. The molecule has 1 atom stereocenters. The first-order valence-corrected chi connectivity index (χ1v) is 12.5. The Morgan fingerprint density at radius 2 is 1.76 bits per heavy atom. The Kier molecular flexibility index (Phi) is 9.04. The van der Waals surface area contributed by atoms with Gasteiger partial charge < -0.3 is 15.2 Å². The third-order valence-electron chi connectivity index (χ3n) is 5.52. The Hall–Kier alpha value is -3.73. The van der Waals surface area contributed by atoms with Crippen molar-refractivity contribution in [3.8, 4) is 0 Å². The molecular weight excluding hydrogens is 494 g/mol. The van der Waals surface area contributed by atoms with Gasteiger partial charge in [-0.2, -0.15) is 4.80 Å². The van der Waals surface area contributed by atoms with E-state index >= 15 is 0 Å². The molecule has 1 heterocycles. The van der Waals surface area contributed by atoms with Crippen molar-refractivity contribution in [2.24, 2.45) is 0 Å². The lowest BCUT2D eigenvalue weighted by Gasteiger charge is -2.21. The van der Waals surface area contributed by atoms with E-state index in [4.69, 9.17) is 4.74 Å². The number of Topliss-reactive ketones (excluding diaryl/α,β-unsaturated/α-hetero) is 1. The highest BCUT2D eigenvalue weighted by atomic mass is 32.2. The molecule has 0 aliphatic rings. The number of ketones is 1. The van der Waals surface area contributed by atoms with Crippen LogP contribution >= 0.6 is 11.8 Å². The lowest BCUT2D eigenvalue weighted by molar-refractivity contribution is -0.139. The number of aryl methyl sites for hydroxylation is 2. The lowest BCUT2D eigenvalue weighted by atomic mass is 9.85. The summed E-state index contributed by atoms with van der Waals surface area (Å²) >= 11 is 1.34. The summed E-state index contributed by atoms with van der Waals surface area (Å²) in [5.74, 6) is -1.83. The Labute approximate surface area is 219 Å². The molecule has 0 bridgehead atoms. The molecule has 37 heavy (non-hydrogen) atoms. The quantitative estimate of drug-likeness (QED) is 0.401. The van der Waals surface area contributed by atoms with Crippen molar-refractivity contribution in [2.45, 2.75) is 75.7 Å². The van der Waals surface area contributed by atoms with E-state index < -0.39 is 30.3 Å². The molecule has 0 spiro atoms. The van der Waals surface area contributed by atoms with Crippen molar-refractivity contribution >= 4 is 29.6 Å². The van der Waals surface area contributed by atoms with Gasteiger partial charge in [0.15, 0.2) is 5.78 Å². The molecule has 2 N–H and O–H groups in total. The van der Waals surface area contributed by atoms with E-state index in [0.29, 0.717) is 5.16 Å². The number of rotatable bonds is 10. The average molecular weight is 526 g/mol. The van der Waals surface area contributed by atoms with Gasteiger partial charge in [-0.15, -0.1) is 10.2 Å². The summed E-state index contributed by atoms with van der Waals surface area (Å²) in [6.07, 6.45) is -1.50. The zero-order chi connectivity index (χ0) is 27.2. The number of carboxylic acid groups (broad SMARTS) is 1. The summed E-state index contributed by atoms with van der Waals surface area (Å²) in [5, 5.41) is 24.1. The van der Waals surface area contributed by atoms with Crippen LogP contribution in [0.25, 0.3) is 0 Å². The summed E-state index contributed by atoms with van der Waals surface area (Å²) in [7, 11) is 0. The Bertz CT molecular complexity index is 1250. The topological polar surface area (TPSA) is 136 Å². The molecule has 0 saturated heterocycles. The van der Waals surface area contributed by atoms with Crippen LogP contribution in [0.5, 0.6) is 0 Å². The molecule has 1 amide bonds. The number of carboxylic acids is 1. The molecule has 3 aromatic rings. The first kappa shape index (κ1) is 27.9. The molecule has 2 aromatic carbocycles. The third-order valence-corrected chi connectivity index (χ3v) is 6.72. The van der Waals surface area contributed by atoms with Gasteiger partial charge in [0.2, 0.25) is 5.16 Å². The van der Waals surface area contributed by atoms with Gasteiger partial charge in [0, 0.05) is 4.90 Å². The predicted octanol–water partition coefficient (Wildman–Crippen LogP) is 4.08. The maximum Gasteiger partial charge on any atom is 0.408 e. The van der Waals surface area contributed by atoms with Crippen LogP contribution in [-0.4, -0.2) is 49.2 Å². The fraction of sp³-hybridized carbons (Fsp3) is 0.385. The van der Waals surface area contributed by atoms with Crippen molar-refractivity contribution in [3.05, 3.63) is 64.7 Å². The highest BCUT2D eigenvalue weighted by molar-refractivity contribution is 7.99. The summed E-state index contributed by atoms with van der Waals surface area (Å²) in [5.41, 5.74) is 4.18. The van der Waals surface area contributed by atoms with E-state index in [1.54, 1.807) is 24.3 Å². The minimum atomic E-state index is -1.31. The van der Waals surface area contributed by atoms with Gasteiger partial charge in [0.1, 0.15) is 19.2 Å². The van der Waals surface area contributed by atoms with Crippen LogP contribution in [0.1, 0.15) is 49.4 Å². The first-order valence-electron chi connectivity index (χ1n) is 11.7. The lowest BCUT2D eigenvalue weighted by Crippen LogP contribution is -2.44. The van der Waals surface area contributed by atoms with Gasteiger partial charge in [-0.3, -0.25) is 9.59 Å². The number of ether oxygens (including phenoxy) is 1. The second-order valence-electron chi connectivity index (χ2n) is 9.72. The number of amides is 1. The molecule has 1 aromatic heterocycles. The second-order valence-corrected chi connectivity index (χ2v) is 10.7. The summed E-state index contributed by atoms with van der Waals surface area (Å²) in [6, 6.07) is 12.0. The molecule has 0 radical (unpaired) electrons. The predicted molar refractivity (Wildman–Crippen MR) is 137 cm³/mol. The van der Waals surface area contributed by atoms with Crippen molar-refractivity contribution in [3.63, 3.8) is 0 Å². The fourth-order valence-corrected chi connectivity index (χ4v) is 4.38. The first-order chi connectivity index (χ1) is 17.4. The van der Waals surface area contributed by atoms with Gasteiger partial charge in [-0.1, -0.05) is 63.2 Å². The Morgan fingerprint density at radius 3 is 2.35 bits per heavy atom. The Morgan fingerprint density at radius 1 is 1.11 bits per heavy atom. The Balaban J connectivity index is 1.64. The van der Waals surface area contributed by atoms with Crippen LogP contribution < -0.4 is 5.32 Å². The van der Waals surface area contributed by atoms with Crippen LogP contribution in [0, 0.1) is 13.8 Å². The molecule has 0 fully saturated rings. The van der Waals surface area contributed by atoms with Crippen LogP contribution in [0.2, 0.25) is 0 Å². The molecule has 0 aliphatic carbocycles. The highest BCUT2D eigenvalue weighted by Crippen LogP contribution is 2.34. The average Bonchev–Trinajstić information content (AvgIpc) is 3.26. The van der Waals surface area contributed by atoms with E-state index in [1.165, 1.54) is 17.3 Å². The molecule has 0 aliphatic heterocycles. The molecular formula is C26H31N5O5S. The van der Waals surface area contributed by atoms with E-state index in [2.05, 4.69) is 53.6 Å². The van der Waals surface area contributed by atoms with Gasteiger partial charge in [-0.05, 0) is 58.5 Å². The number of aliphatic carboxylic acids is 1. The number of hydrogen-bond donors (Lipinski definition) is 2. The minimum absolute atomic E-state index is 0.0125. The van der Waals surface area contributed by atoms with Crippen LogP contribution in [0.3, 0.4) is 0 Å². The number of nitrogens with zero attached hydrogens (tertiary/aromatic N) is 4. The van der Waals surface area contributed by atoms with Crippen molar-refractivity contribution < 1.29 is 24.2 Å². The standard InChI is InChI=1S/C26H31N5O5S/c1-16-11-19(26(3,4)5)12-17(2)23(16)37-24-28-30-31(29-24)14-21(32)20(13-22(33)34)27-25(35)36-15-18-9-7-6-8-10-18/h6-12,20H,13-15H2,1-5H3,(H,27,35)(H,33,34). The van der Waals surface area contributed by atoms with E-state index in [0.717, 1.165) is 26.4 Å². The summed E-state index contributed by atoms with van der Waals surface area (Å²) in [4.78, 5) is 38.4. The monoisotopic (exact) mass is 525 g/mol. The van der Waals surface area contributed by atoms with Gasteiger partial charge in [-0.25, -0.2) is 4.79 Å². The number of carbonyl (C=O) groups is 3. The molecule has 0 saturated carbocycles. The minimum Gasteiger partial charge on any atom is -0.481 e. The molecule has 1 unspecified atom stereocenters. The van der Waals surface area contributed by atoms with Crippen molar-refractivity contribution in [1.82, 2.24) is 25.5 Å². The van der Waals surface area contributed by atoms with Gasteiger partial charge in [0.05, 0.1) is 6.42 Å². The normalized spacial score (nSPS) is 12.1. The zero-order valence-electron chi connectivity index (χ0n) is 21.5. The molecule has 10 nitrogen and oxygen atoms in total. The fourth-order valence-electron chi connectivity index (χ4n) is 3.55. The number of hydrogen-bond acceptors (Lipinski definition) is 8. The van der Waals surface area contributed by atoms with E-state index in [1.807, 2.05) is 19.9 Å². The van der Waals surface area contributed by atoms with Gasteiger partial charge >= 0.3 is 12.1 Å². The van der Waals surface area contributed by atoms with Crippen LogP contribution in [0.4, 0.5) is 4.79 Å². The summed E-state index contributed by atoms with van der Waals surface area (Å²) in [6.45, 7) is 10.2. The zero-order valence-corrected chi connectivity index (χ0v) is 22.3. The van der Waals surface area contributed by atoms with Crippen LogP contribution in [0.15, 0.2) is 52.5 Å². The SMILES string of the molecule is Cc1cc(C(C)(C)C)cc(C)c1Sc1nnn(CC(=O)C(CC(=O)O)NC(=O)OCc2ccccc2)n1. The maximum absolute atomic E-state index is 12.8.